The van der Waals surface area contributed by atoms with Gasteiger partial charge in [-0.25, -0.2) is 13.2 Å². The average Bonchev–Trinajstić information content (AvgIpc) is 3.11. The highest BCUT2D eigenvalue weighted by atomic mass is 32.2. The molecule has 0 radical (unpaired) electrons. The highest BCUT2D eigenvalue weighted by Gasteiger charge is 2.35. The average molecular weight is 485 g/mol. The molecule has 2 fully saturated rings. The molecule has 2 N–H and O–H groups in total. The van der Waals surface area contributed by atoms with Crippen LogP contribution in [0.3, 0.4) is 0 Å². The van der Waals surface area contributed by atoms with Crippen molar-refractivity contribution in [2.75, 3.05) is 11.9 Å². The van der Waals surface area contributed by atoms with Gasteiger partial charge >= 0.3 is 6.03 Å². The van der Waals surface area contributed by atoms with E-state index in [1.165, 1.54) is 12.1 Å². The number of hydrogen-bond acceptors (Lipinski definition) is 5. The van der Waals surface area contributed by atoms with Crippen LogP contribution in [0, 0.1) is 0 Å². The highest BCUT2D eigenvalue weighted by molar-refractivity contribution is 7.89. The van der Waals surface area contributed by atoms with Crippen LogP contribution in [-0.2, 0) is 21.4 Å². The maximum Gasteiger partial charge on any atom is 0.324 e. The third-order valence-electron chi connectivity index (χ3n) is 6.33. The van der Waals surface area contributed by atoms with E-state index >= 15 is 0 Å². The second-order valence-electron chi connectivity index (χ2n) is 8.74. The van der Waals surface area contributed by atoms with Gasteiger partial charge in [0.2, 0.25) is 15.9 Å². The van der Waals surface area contributed by atoms with E-state index in [2.05, 4.69) is 10.6 Å². The van der Waals surface area contributed by atoms with Gasteiger partial charge in [0.15, 0.2) is 0 Å². The van der Waals surface area contributed by atoms with Gasteiger partial charge in [-0.3, -0.25) is 14.5 Å². The number of hydrogen-bond donors (Lipinski definition) is 2. The molecule has 2 saturated heterocycles. The molecule has 4 rings (SSSR count). The number of imide groups is 1. The standard InChI is InChI=1S/C24H28N4O5S/c1-16-6-5-7-17(2)28(16)34(32,33)20-12-10-19(11-13-20)26-23(30)21-9-4-3-8-18(21)15-27-22(29)14-25-24(27)31/h3-4,8-13,16-17H,5-7,14-15H2,1-2H3,(H,25,31)(H,26,30). The molecular weight excluding hydrogens is 456 g/mol. The van der Waals surface area contributed by atoms with Crippen LogP contribution in [0.1, 0.15) is 49.0 Å². The van der Waals surface area contributed by atoms with E-state index in [9.17, 15) is 22.8 Å². The predicted octanol–water partition coefficient (Wildman–Crippen LogP) is 2.94. The molecule has 9 nitrogen and oxygen atoms in total. The summed E-state index contributed by atoms with van der Waals surface area (Å²) in [5.41, 5.74) is 1.29. The van der Waals surface area contributed by atoms with Crippen LogP contribution in [0.25, 0.3) is 0 Å². The van der Waals surface area contributed by atoms with Crippen molar-refractivity contribution in [2.24, 2.45) is 0 Å². The number of urea groups is 1. The molecule has 0 bridgehead atoms. The number of nitrogens with zero attached hydrogens (tertiary/aromatic N) is 2. The second-order valence-corrected chi connectivity index (χ2v) is 10.6. The number of carbonyl (C=O) groups is 3. The topological polar surface area (TPSA) is 116 Å². The monoisotopic (exact) mass is 484 g/mol. The van der Waals surface area contributed by atoms with Crippen LogP contribution < -0.4 is 10.6 Å². The summed E-state index contributed by atoms with van der Waals surface area (Å²) < 4.78 is 28.0. The van der Waals surface area contributed by atoms with Gasteiger partial charge in [-0.05, 0) is 62.6 Å². The number of piperidine rings is 1. The number of sulfonamides is 1. The van der Waals surface area contributed by atoms with Gasteiger partial charge in [-0.2, -0.15) is 4.31 Å². The van der Waals surface area contributed by atoms with Gasteiger partial charge in [0.05, 0.1) is 18.0 Å². The molecule has 2 aromatic carbocycles. The Morgan fingerprint density at radius 2 is 1.68 bits per heavy atom. The summed E-state index contributed by atoms with van der Waals surface area (Å²) >= 11 is 0. The fourth-order valence-electron chi connectivity index (χ4n) is 4.57. The van der Waals surface area contributed by atoms with E-state index in [-0.39, 0.29) is 36.0 Å². The molecule has 0 saturated carbocycles. The van der Waals surface area contributed by atoms with Crippen molar-refractivity contribution >= 4 is 33.6 Å². The van der Waals surface area contributed by atoms with Crippen LogP contribution in [0.4, 0.5) is 10.5 Å². The Labute approximate surface area is 199 Å². The van der Waals surface area contributed by atoms with Crippen molar-refractivity contribution in [3.63, 3.8) is 0 Å². The molecule has 2 aromatic rings. The Bertz CT molecular complexity index is 1190. The number of benzene rings is 2. The SMILES string of the molecule is CC1CCCC(C)N1S(=O)(=O)c1ccc(NC(=O)c2ccccc2CN2C(=O)CNC2=O)cc1. The minimum Gasteiger partial charge on any atom is -0.329 e. The first-order valence-corrected chi connectivity index (χ1v) is 12.7. The number of nitrogens with one attached hydrogen (secondary N) is 2. The lowest BCUT2D eigenvalue weighted by molar-refractivity contribution is -0.125. The summed E-state index contributed by atoms with van der Waals surface area (Å²) in [6.45, 7) is 3.78. The lowest BCUT2D eigenvalue weighted by Crippen LogP contribution is -2.47. The van der Waals surface area contributed by atoms with Gasteiger partial charge in [0, 0.05) is 23.3 Å². The second kappa shape index (κ2) is 9.55. The van der Waals surface area contributed by atoms with Crippen molar-refractivity contribution in [1.82, 2.24) is 14.5 Å². The Morgan fingerprint density at radius 3 is 2.29 bits per heavy atom. The van der Waals surface area contributed by atoms with Crippen LogP contribution >= 0.6 is 0 Å². The third kappa shape index (κ3) is 4.69. The van der Waals surface area contributed by atoms with E-state index in [1.54, 1.807) is 40.7 Å². The van der Waals surface area contributed by atoms with Crippen molar-refractivity contribution in [3.8, 4) is 0 Å². The third-order valence-corrected chi connectivity index (χ3v) is 8.47. The van der Waals surface area contributed by atoms with E-state index in [0.717, 1.165) is 24.2 Å². The van der Waals surface area contributed by atoms with Gasteiger partial charge in [-0.15, -0.1) is 0 Å². The molecule has 2 atom stereocenters. The Kier molecular flexibility index (Phi) is 6.72. The first-order valence-electron chi connectivity index (χ1n) is 11.3. The van der Waals surface area contributed by atoms with Crippen LogP contribution in [0.15, 0.2) is 53.4 Å². The molecule has 2 unspecified atom stereocenters. The molecule has 4 amide bonds. The number of carbonyl (C=O) groups excluding carboxylic acids is 3. The molecule has 0 aromatic heterocycles. The zero-order chi connectivity index (χ0) is 24.5. The summed E-state index contributed by atoms with van der Waals surface area (Å²) in [6, 6.07) is 12.2. The molecule has 180 valence electrons. The summed E-state index contributed by atoms with van der Waals surface area (Å²) in [5.74, 6) is -0.772. The molecule has 0 spiro atoms. The van der Waals surface area contributed by atoms with E-state index in [1.807, 2.05) is 13.8 Å². The first kappa shape index (κ1) is 23.9. The minimum atomic E-state index is -3.64. The normalized spacial score (nSPS) is 21.4. The fourth-order valence-corrected chi connectivity index (χ4v) is 6.45. The van der Waals surface area contributed by atoms with Crippen molar-refractivity contribution < 1.29 is 22.8 Å². The molecule has 2 aliphatic rings. The molecular formula is C24H28N4O5S. The van der Waals surface area contributed by atoms with Gasteiger partial charge < -0.3 is 10.6 Å². The zero-order valence-electron chi connectivity index (χ0n) is 19.2. The maximum absolute atomic E-state index is 13.2. The predicted molar refractivity (Wildman–Crippen MR) is 127 cm³/mol. The van der Waals surface area contributed by atoms with Crippen LogP contribution in [0.2, 0.25) is 0 Å². The van der Waals surface area contributed by atoms with Crippen molar-refractivity contribution in [3.05, 3.63) is 59.7 Å². The largest absolute Gasteiger partial charge is 0.329 e. The van der Waals surface area contributed by atoms with Crippen molar-refractivity contribution in [1.29, 1.82) is 0 Å². The lowest BCUT2D eigenvalue weighted by Gasteiger charge is -2.37. The zero-order valence-corrected chi connectivity index (χ0v) is 20.0. The van der Waals surface area contributed by atoms with E-state index < -0.39 is 22.0 Å². The van der Waals surface area contributed by atoms with Gasteiger partial charge in [0.25, 0.3) is 5.91 Å². The molecule has 0 aliphatic carbocycles. The van der Waals surface area contributed by atoms with Crippen LogP contribution in [-0.4, -0.2) is 54.1 Å². The highest BCUT2D eigenvalue weighted by Crippen LogP contribution is 2.30. The molecule has 34 heavy (non-hydrogen) atoms. The summed E-state index contributed by atoms with van der Waals surface area (Å²) in [5, 5.41) is 5.23. The summed E-state index contributed by atoms with van der Waals surface area (Å²) in [6.07, 6.45) is 2.68. The number of anilines is 1. The van der Waals surface area contributed by atoms with E-state index in [0.29, 0.717) is 16.8 Å². The Balaban J connectivity index is 1.50. The Hall–Kier alpha value is -3.24. The first-order chi connectivity index (χ1) is 16.2. The lowest BCUT2D eigenvalue weighted by atomic mass is 10.0. The minimum absolute atomic E-state index is 0.0162. The summed E-state index contributed by atoms with van der Waals surface area (Å²) in [7, 11) is -3.64. The maximum atomic E-state index is 13.2. The molecule has 2 aliphatic heterocycles. The van der Waals surface area contributed by atoms with Gasteiger partial charge in [-0.1, -0.05) is 24.6 Å². The molecule has 2 heterocycles. The summed E-state index contributed by atoms with van der Waals surface area (Å²) in [4.78, 5) is 38.0. The fraction of sp³-hybridized carbons (Fsp3) is 0.375. The van der Waals surface area contributed by atoms with Crippen molar-refractivity contribution in [2.45, 2.75) is 56.6 Å². The van der Waals surface area contributed by atoms with Gasteiger partial charge in [0.1, 0.15) is 0 Å². The Morgan fingerprint density at radius 1 is 1.03 bits per heavy atom. The number of rotatable bonds is 6. The quantitative estimate of drug-likeness (QED) is 0.612. The number of amides is 4. The van der Waals surface area contributed by atoms with Crippen LogP contribution in [0.5, 0.6) is 0 Å². The molecule has 10 heteroatoms. The van der Waals surface area contributed by atoms with E-state index in [4.69, 9.17) is 0 Å². The smallest absolute Gasteiger partial charge is 0.324 e.